The molecule has 2 rings (SSSR count). The molecule has 2 nitrogen and oxygen atoms in total. The lowest BCUT2D eigenvalue weighted by Crippen LogP contribution is -2.34. The third-order valence-corrected chi connectivity index (χ3v) is 3.56. The summed E-state index contributed by atoms with van der Waals surface area (Å²) in [5.41, 5.74) is 1.48. The molecule has 0 spiro atoms. The summed E-state index contributed by atoms with van der Waals surface area (Å²) < 4.78 is 2.34. The van der Waals surface area contributed by atoms with Crippen LogP contribution in [0.3, 0.4) is 0 Å². The molecule has 0 aromatic carbocycles. The summed E-state index contributed by atoms with van der Waals surface area (Å²) in [6.07, 6.45) is 9.71. The van der Waals surface area contributed by atoms with E-state index in [1.807, 2.05) is 0 Å². The second-order valence-electron chi connectivity index (χ2n) is 4.87. The number of hydrogen-bond donors (Lipinski definition) is 0. The zero-order valence-electron chi connectivity index (χ0n) is 10.5. The van der Waals surface area contributed by atoms with Crippen LogP contribution in [0.1, 0.15) is 44.2 Å². The van der Waals surface area contributed by atoms with Crippen molar-refractivity contribution in [2.75, 3.05) is 13.6 Å². The van der Waals surface area contributed by atoms with Crippen LogP contribution >= 0.6 is 0 Å². The molecule has 1 atom stereocenters. The quantitative estimate of drug-likeness (QED) is 0.706. The van der Waals surface area contributed by atoms with Gasteiger partial charge in [0.1, 0.15) is 6.54 Å². The number of aryl methyl sites for hydroxylation is 1. The third-order valence-electron chi connectivity index (χ3n) is 3.56. The molecular weight excluding hydrogens is 196 g/mol. The van der Waals surface area contributed by atoms with E-state index in [4.69, 9.17) is 0 Å². The highest BCUT2D eigenvalue weighted by molar-refractivity contribution is 5.12. The molecule has 1 aliphatic heterocycles. The van der Waals surface area contributed by atoms with E-state index in [0.29, 0.717) is 6.04 Å². The van der Waals surface area contributed by atoms with E-state index >= 15 is 0 Å². The lowest BCUT2D eigenvalue weighted by molar-refractivity contribution is -0.697. The van der Waals surface area contributed by atoms with Gasteiger partial charge in [-0.25, -0.2) is 4.57 Å². The first-order valence-electron chi connectivity index (χ1n) is 6.50. The molecule has 0 aliphatic carbocycles. The minimum absolute atomic E-state index is 0.647. The lowest BCUT2D eigenvalue weighted by Gasteiger charge is -2.18. The van der Waals surface area contributed by atoms with E-state index in [1.165, 1.54) is 37.8 Å². The maximum Gasteiger partial charge on any atom is 0.173 e. The topological polar surface area (TPSA) is 7.12 Å². The molecule has 0 bridgehead atoms. The molecule has 1 saturated heterocycles. The summed E-state index contributed by atoms with van der Waals surface area (Å²) in [6, 6.07) is 5.11. The summed E-state index contributed by atoms with van der Waals surface area (Å²) >= 11 is 0. The van der Waals surface area contributed by atoms with Gasteiger partial charge in [-0.15, -0.1) is 0 Å². The minimum Gasteiger partial charge on any atom is -0.299 e. The van der Waals surface area contributed by atoms with Crippen molar-refractivity contribution < 1.29 is 4.57 Å². The first-order valence-corrected chi connectivity index (χ1v) is 6.50. The van der Waals surface area contributed by atoms with Gasteiger partial charge in [-0.1, -0.05) is 13.3 Å². The van der Waals surface area contributed by atoms with Gasteiger partial charge in [-0.3, -0.25) is 4.90 Å². The predicted molar refractivity (Wildman–Crippen MR) is 66.2 cm³/mol. The Morgan fingerprint density at radius 1 is 1.50 bits per heavy atom. The molecule has 16 heavy (non-hydrogen) atoms. The van der Waals surface area contributed by atoms with Crippen LogP contribution in [0.4, 0.5) is 0 Å². The zero-order valence-corrected chi connectivity index (χ0v) is 10.5. The average molecular weight is 219 g/mol. The van der Waals surface area contributed by atoms with Crippen LogP contribution in [0.15, 0.2) is 24.5 Å². The normalized spacial score (nSPS) is 21.5. The van der Waals surface area contributed by atoms with Crippen LogP contribution in [0.25, 0.3) is 0 Å². The first-order chi connectivity index (χ1) is 7.81. The molecule has 0 saturated carbocycles. The van der Waals surface area contributed by atoms with Gasteiger partial charge < -0.3 is 0 Å². The van der Waals surface area contributed by atoms with Crippen LogP contribution in [0, 0.1) is 0 Å². The van der Waals surface area contributed by atoms with Crippen molar-refractivity contribution >= 4 is 0 Å². The van der Waals surface area contributed by atoms with E-state index in [1.54, 1.807) is 0 Å². The highest BCUT2D eigenvalue weighted by atomic mass is 15.1. The SMILES string of the molecule is CCCC[n+]1cccc([C@@H]2CCCN2C)c1. The fourth-order valence-corrected chi connectivity index (χ4v) is 2.55. The molecule has 88 valence electrons. The Bertz CT molecular complexity index is 335. The molecule has 0 radical (unpaired) electrons. The Balaban J connectivity index is 2.09. The number of pyridine rings is 1. The van der Waals surface area contributed by atoms with Gasteiger partial charge in [-0.05, 0) is 32.5 Å². The van der Waals surface area contributed by atoms with Crippen molar-refractivity contribution in [2.24, 2.45) is 0 Å². The summed E-state index contributed by atoms with van der Waals surface area (Å²) in [5, 5.41) is 0. The standard InChI is InChI=1S/C14H23N2/c1-3-4-10-16-11-5-7-13(12-16)14-8-6-9-15(14)2/h5,7,11-12,14H,3-4,6,8-10H2,1-2H3/q+1/t14-/m0/s1. The fourth-order valence-electron chi connectivity index (χ4n) is 2.55. The van der Waals surface area contributed by atoms with E-state index in [0.717, 1.165) is 6.54 Å². The van der Waals surface area contributed by atoms with Gasteiger partial charge in [0.15, 0.2) is 12.4 Å². The molecule has 0 amide bonds. The molecular formula is C14H23N2+. The fraction of sp³-hybridized carbons (Fsp3) is 0.643. The Morgan fingerprint density at radius 3 is 3.06 bits per heavy atom. The van der Waals surface area contributed by atoms with Crippen molar-refractivity contribution in [1.82, 2.24) is 4.90 Å². The average Bonchev–Trinajstić information content (AvgIpc) is 2.73. The highest BCUT2D eigenvalue weighted by Crippen LogP contribution is 2.29. The third kappa shape index (κ3) is 2.62. The van der Waals surface area contributed by atoms with Gasteiger partial charge in [0.25, 0.3) is 0 Å². The molecule has 2 heteroatoms. The number of nitrogens with zero attached hydrogens (tertiary/aromatic N) is 2. The van der Waals surface area contributed by atoms with Crippen LogP contribution < -0.4 is 4.57 Å². The van der Waals surface area contributed by atoms with Crippen molar-refractivity contribution in [3.05, 3.63) is 30.1 Å². The van der Waals surface area contributed by atoms with E-state index in [-0.39, 0.29) is 0 Å². The summed E-state index contributed by atoms with van der Waals surface area (Å²) in [5.74, 6) is 0. The maximum absolute atomic E-state index is 2.47. The van der Waals surface area contributed by atoms with Crippen LogP contribution in [0.2, 0.25) is 0 Å². The monoisotopic (exact) mass is 219 g/mol. The highest BCUT2D eigenvalue weighted by Gasteiger charge is 2.24. The molecule has 0 N–H and O–H groups in total. The summed E-state index contributed by atoms with van der Waals surface area (Å²) in [7, 11) is 2.24. The van der Waals surface area contributed by atoms with Crippen molar-refractivity contribution in [3.63, 3.8) is 0 Å². The molecule has 1 aromatic heterocycles. The Hall–Kier alpha value is -0.890. The van der Waals surface area contributed by atoms with E-state index in [2.05, 4.69) is 48.0 Å². The number of unbranched alkanes of at least 4 members (excludes halogenated alkanes) is 1. The largest absolute Gasteiger partial charge is 0.299 e. The smallest absolute Gasteiger partial charge is 0.173 e. The number of aromatic nitrogens is 1. The number of rotatable bonds is 4. The Kier molecular flexibility index (Phi) is 3.94. The second kappa shape index (κ2) is 5.44. The van der Waals surface area contributed by atoms with Gasteiger partial charge >= 0.3 is 0 Å². The Morgan fingerprint density at radius 2 is 2.38 bits per heavy atom. The van der Waals surface area contributed by atoms with Gasteiger partial charge in [0.05, 0.1) is 0 Å². The van der Waals surface area contributed by atoms with Gasteiger partial charge in [0, 0.05) is 24.1 Å². The van der Waals surface area contributed by atoms with Crippen LogP contribution in [0.5, 0.6) is 0 Å². The zero-order chi connectivity index (χ0) is 11.4. The lowest BCUT2D eigenvalue weighted by atomic mass is 10.1. The molecule has 0 unspecified atom stereocenters. The van der Waals surface area contributed by atoms with E-state index in [9.17, 15) is 0 Å². The molecule has 1 fully saturated rings. The van der Waals surface area contributed by atoms with Gasteiger partial charge in [0.2, 0.25) is 0 Å². The van der Waals surface area contributed by atoms with Crippen molar-refractivity contribution in [2.45, 2.75) is 45.2 Å². The summed E-state index contributed by atoms with van der Waals surface area (Å²) in [6.45, 7) is 4.64. The minimum atomic E-state index is 0.647. The predicted octanol–water partition coefficient (Wildman–Crippen LogP) is 2.54. The van der Waals surface area contributed by atoms with Gasteiger partial charge in [-0.2, -0.15) is 0 Å². The first kappa shape index (κ1) is 11.6. The van der Waals surface area contributed by atoms with Crippen molar-refractivity contribution in [3.8, 4) is 0 Å². The maximum atomic E-state index is 2.47. The molecule has 1 aliphatic rings. The molecule has 2 heterocycles. The molecule has 1 aromatic rings. The Labute approximate surface area is 98.9 Å². The number of likely N-dealkylation sites (tertiary alicyclic amines) is 1. The van der Waals surface area contributed by atoms with E-state index < -0.39 is 0 Å². The summed E-state index contributed by atoms with van der Waals surface area (Å²) in [4.78, 5) is 2.47. The van der Waals surface area contributed by atoms with Crippen molar-refractivity contribution in [1.29, 1.82) is 0 Å². The van der Waals surface area contributed by atoms with Crippen LogP contribution in [-0.2, 0) is 6.54 Å². The second-order valence-corrected chi connectivity index (χ2v) is 4.87. The number of hydrogen-bond acceptors (Lipinski definition) is 1. The van der Waals surface area contributed by atoms with Crippen LogP contribution in [-0.4, -0.2) is 18.5 Å².